The van der Waals surface area contributed by atoms with Gasteiger partial charge in [0.05, 0.1) is 22.0 Å². The van der Waals surface area contributed by atoms with Gasteiger partial charge in [0.1, 0.15) is 12.6 Å². The number of benzene rings is 3. The van der Waals surface area contributed by atoms with E-state index >= 15 is 0 Å². The fourth-order valence-corrected chi connectivity index (χ4v) is 5.24. The first-order valence-corrected chi connectivity index (χ1v) is 14.6. The average molecular weight is 597 g/mol. The standard InChI is InChI=1S/C27H28Cl3N3O4S/c1-18-9-11-21(15-23(18)29)33(38(3,36)37)17-26(34)32(16-20-10-12-22(28)24(30)13-20)25(27(35)31-2)14-19-7-5-4-6-8-19/h4-13,15,25H,14,16-17H2,1-3H3,(H,31,35)/t25-/m1/s1. The van der Waals surface area contributed by atoms with Crippen LogP contribution in [0.1, 0.15) is 16.7 Å². The van der Waals surface area contributed by atoms with E-state index in [2.05, 4.69) is 5.32 Å². The zero-order valence-electron chi connectivity index (χ0n) is 21.1. The molecule has 0 saturated heterocycles. The van der Waals surface area contributed by atoms with Gasteiger partial charge in [-0.15, -0.1) is 0 Å². The van der Waals surface area contributed by atoms with Gasteiger partial charge in [0.15, 0.2) is 0 Å². The zero-order chi connectivity index (χ0) is 28.0. The number of carbonyl (C=O) groups excluding carboxylic acids is 2. The maximum Gasteiger partial charge on any atom is 0.244 e. The Morgan fingerprint density at radius 1 is 0.895 bits per heavy atom. The largest absolute Gasteiger partial charge is 0.357 e. The Morgan fingerprint density at radius 3 is 2.16 bits per heavy atom. The molecule has 38 heavy (non-hydrogen) atoms. The zero-order valence-corrected chi connectivity index (χ0v) is 24.2. The van der Waals surface area contributed by atoms with Gasteiger partial charge in [-0.25, -0.2) is 8.42 Å². The van der Waals surface area contributed by atoms with Crippen LogP contribution < -0.4 is 9.62 Å². The summed E-state index contributed by atoms with van der Waals surface area (Å²) in [5.74, 6) is -0.978. The van der Waals surface area contributed by atoms with Crippen LogP contribution in [0.5, 0.6) is 0 Å². The molecule has 1 atom stereocenters. The molecular weight excluding hydrogens is 569 g/mol. The van der Waals surface area contributed by atoms with Crippen LogP contribution in [0.4, 0.5) is 5.69 Å². The first-order chi connectivity index (χ1) is 17.9. The number of hydrogen-bond donors (Lipinski definition) is 1. The highest BCUT2D eigenvalue weighted by molar-refractivity contribution is 7.92. The summed E-state index contributed by atoms with van der Waals surface area (Å²) in [4.78, 5) is 28.3. The third kappa shape index (κ3) is 7.63. The number of nitrogens with zero attached hydrogens (tertiary/aromatic N) is 2. The third-order valence-corrected chi connectivity index (χ3v) is 8.26. The molecule has 0 unspecified atom stereocenters. The van der Waals surface area contributed by atoms with Crippen molar-refractivity contribution in [3.63, 3.8) is 0 Å². The summed E-state index contributed by atoms with van der Waals surface area (Å²) in [6, 6.07) is 18.0. The van der Waals surface area contributed by atoms with Gasteiger partial charge < -0.3 is 10.2 Å². The minimum absolute atomic E-state index is 0.00705. The van der Waals surface area contributed by atoms with E-state index in [9.17, 15) is 18.0 Å². The predicted molar refractivity (Wildman–Crippen MR) is 153 cm³/mol. The fraction of sp³-hybridized carbons (Fsp3) is 0.259. The molecule has 0 bridgehead atoms. The van der Waals surface area contributed by atoms with Crippen molar-refractivity contribution in [2.45, 2.75) is 25.9 Å². The second kappa shape index (κ2) is 12.8. The van der Waals surface area contributed by atoms with Crippen molar-refractivity contribution in [1.29, 1.82) is 0 Å². The monoisotopic (exact) mass is 595 g/mol. The minimum Gasteiger partial charge on any atom is -0.357 e. The first kappa shape index (κ1) is 29.8. The topological polar surface area (TPSA) is 86.8 Å². The molecule has 0 spiro atoms. The molecule has 0 fully saturated rings. The average Bonchev–Trinajstić information content (AvgIpc) is 2.87. The summed E-state index contributed by atoms with van der Waals surface area (Å²) in [6.45, 7) is 1.24. The molecule has 0 saturated carbocycles. The molecule has 0 aliphatic heterocycles. The molecule has 1 N–H and O–H groups in total. The molecule has 2 amide bonds. The highest BCUT2D eigenvalue weighted by Gasteiger charge is 2.32. The third-order valence-electron chi connectivity index (χ3n) is 5.98. The van der Waals surface area contributed by atoms with Gasteiger partial charge in [0.2, 0.25) is 21.8 Å². The van der Waals surface area contributed by atoms with Crippen LogP contribution in [0.2, 0.25) is 15.1 Å². The Hall–Kier alpha value is -2.78. The molecule has 3 rings (SSSR count). The molecule has 11 heteroatoms. The maximum atomic E-state index is 13.9. The normalized spacial score (nSPS) is 12.1. The lowest BCUT2D eigenvalue weighted by Crippen LogP contribution is -2.52. The van der Waals surface area contributed by atoms with Crippen molar-refractivity contribution in [3.8, 4) is 0 Å². The van der Waals surface area contributed by atoms with Crippen LogP contribution in [0.15, 0.2) is 66.7 Å². The van der Waals surface area contributed by atoms with E-state index in [1.807, 2.05) is 30.3 Å². The number of anilines is 1. The lowest BCUT2D eigenvalue weighted by Gasteiger charge is -2.33. The summed E-state index contributed by atoms with van der Waals surface area (Å²) in [7, 11) is -2.40. The van der Waals surface area contributed by atoms with Gasteiger partial charge in [0, 0.05) is 25.0 Å². The number of aryl methyl sites for hydroxylation is 1. The molecule has 0 aliphatic rings. The van der Waals surface area contributed by atoms with Gasteiger partial charge in [-0.05, 0) is 47.9 Å². The molecule has 0 heterocycles. The number of amides is 2. The van der Waals surface area contributed by atoms with E-state index in [1.165, 1.54) is 18.0 Å². The number of halogens is 3. The number of carbonyl (C=O) groups is 2. The molecule has 3 aromatic carbocycles. The predicted octanol–water partition coefficient (Wildman–Crippen LogP) is 5.11. The van der Waals surface area contributed by atoms with Crippen LogP contribution in [0.3, 0.4) is 0 Å². The minimum atomic E-state index is -3.88. The second-order valence-electron chi connectivity index (χ2n) is 8.79. The van der Waals surface area contributed by atoms with Crippen LogP contribution in [-0.4, -0.2) is 51.0 Å². The Balaban J connectivity index is 2.05. The van der Waals surface area contributed by atoms with E-state index in [0.29, 0.717) is 20.6 Å². The van der Waals surface area contributed by atoms with E-state index in [1.54, 1.807) is 37.3 Å². The van der Waals surface area contributed by atoms with Crippen molar-refractivity contribution in [2.75, 3.05) is 24.2 Å². The number of nitrogens with one attached hydrogen (secondary N) is 1. The van der Waals surface area contributed by atoms with Gasteiger partial charge in [-0.2, -0.15) is 0 Å². The quantitative estimate of drug-likeness (QED) is 0.353. The highest BCUT2D eigenvalue weighted by Crippen LogP contribution is 2.27. The van der Waals surface area contributed by atoms with Crippen molar-refractivity contribution in [3.05, 3.63) is 98.5 Å². The van der Waals surface area contributed by atoms with E-state index in [-0.39, 0.29) is 18.7 Å². The second-order valence-corrected chi connectivity index (χ2v) is 11.9. The molecular formula is C27H28Cl3N3O4S. The lowest BCUT2D eigenvalue weighted by molar-refractivity contribution is -0.139. The molecule has 0 aliphatic carbocycles. The number of rotatable bonds is 10. The molecule has 3 aromatic rings. The van der Waals surface area contributed by atoms with Gasteiger partial charge in [-0.3, -0.25) is 13.9 Å². The molecule has 202 valence electrons. The lowest BCUT2D eigenvalue weighted by atomic mass is 10.0. The summed E-state index contributed by atoms with van der Waals surface area (Å²) >= 11 is 18.5. The smallest absolute Gasteiger partial charge is 0.244 e. The van der Waals surface area contributed by atoms with Crippen LogP contribution in [0.25, 0.3) is 0 Å². The van der Waals surface area contributed by atoms with E-state index < -0.39 is 34.4 Å². The maximum absolute atomic E-state index is 13.9. The Labute approximate surface area is 238 Å². The fourth-order valence-electron chi connectivity index (χ4n) is 3.91. The SMILES string of the molecule is CNC(=O)[C@@H](Cc1ccccc1)N(Cc1ccc(Cl)c(Cl)c1)C(=O)CN(c1ccc(C)c(Cl)c1)S(C)(=O)=O. The molecule has 0 radical (unpaired) electrons. The van der Waals surface area contributed by atoms with Gasteiger partial charge in [0.25, 0.3) is 0 Å². The van der Waals surface area contributed by atoms with Crippen LogP contribution >= 0.6 is 34.8 Å². The van der Waals surface area contributed by atoms with Gasteiger partial charge >= 0.3 is 0 Å². The van der Waals surface area contributed by atoms with E-state index in [4.69, 9.17) is 34.8 Å². The van der Waals surface area contributed by atoms with Gasteiger partial charge in [-0.1, -0.05) is 77.3 Å². The number of hydrogen-bond acceptors (Lipinski definition) is 4. The van der Waals surface area contributed by atoms with Crippen molar-refractivity contribution in [2.24, 2.45) is 0 Å². The number of sulfonamides is 1. The van der Waals surface area contributed by atoms with Crippen molar-refractivity contribution < 1.29 is 18.0 Å². The van der Waals surface area contributed by atoms with E-state index in [0.717, 1.165) is 21.7 Å². The highest BCUT2D eigenvalue weighted by atomic mass is 35.5. The first-order valence-electron chi connectivity index (χ1n) is 11.6. The van der Waals surface area contributed by atoms with Crippen LogP contribution in [-0.2, 0) is 32.6 Å². The Morgan fingerprint density at radius 2 is 1.58 bits per heavy atom. The summed E-state index contributed by atoms with van der Waals surface area (Å²) in [6.07, 6.45) is 1.22. The van der Waals surface area contributed by atoms with Crippen molar-refractivity contribution in [1.82, 2.24) is 10.2 Å². The summed E-state index contributed by atoms with van der Waals surface area (Å²) in [5, 5.41) is 3.63. The molecule has 7 nitrogen and oxygen atoms in total. The number of likely N-dealkylation sites (N-methyl/N-ethyl adjacent to an activating group) is 1. The van der Waals surface area contributed by atoms with Crippen LogP contribution in [0, 0.1) is 6.92 Å². The molecule has 0 aromatic heterocycles. The van der Waals surface area contributed by atoms with Crippen molar-refractivity contribution >= 4 is 62.3 Å². The summed E-state index contributed by atoms with van der Waals surface area (Å²) in [5.41, 5.74) is 2.46. The Kier molecular flexibility index (Phi) is 10.1. The summed E-state index contributed by atoms with van der Waals surface area (Å²) < 4.78 is 26.5. The Bertz CT molecular complexity index is 1420.